The number of carbonyl (C=O) groups excluding carboxylic acids is 1. The summed E-state index contributed by atoms with van der Waals surface area (Å²) in [5.41, 5.74) is -0.295. The monoisotopic (exact) mass is 171 g/mol. The number of alkyl carbamates (subject to hydrolysis) is 1. The van der Waals surface area contributed by atoms with Crippen LogP contribution in [0.5, 0.6) is 0 Å². The zero-order chi connectivity index (χ0) is 9.35. The second kappa shape index (κ2) is 2.96. The second-order valence-corrected chi connectivity index (χ2v) is 4.01. The van der Waals surface area contributed by atoms with Gasteiger partial charge in [-0.3, -0.25) is 0 Å². The Labute approximate surface area is 73.5 Å². The van der Waals surface area contributed by atoms with Gasteiger partial charge in [-0.25, -0.2) is 4.79 Å². The van der Waals surface area contributed by atoms with Gasteiger partial charge in [-0.05, 0) is 11.8 Å². The highest BCUT2D eigenvalue weighted by molar-refractivity contribution is 5.70. The van der Waals surface area contributed by atoms with E-state index in [-0.39, 0.29) is 11.7 Å². The van der Waals surface area contributed by atoms with Crippen LogP contribution in [-0.2, 0) is 4.74 Å². The summed E-state index contributed by atoms with van der Waals surface area (Å²) in [7, 11) is 0. The molecule has 0 unspecified atom stereocenters. The fourth-order valence-corrected chi connectivity index (χ4v) is 1.77. The maximum absolute atomic E-state index is 10.9. The summed E-state index contributed by atoms with van der Waals surface area (Å²) in [6.45, 7) is 8.97. The molecule has 1 heterocycles. The fraction of sp³-hybridized carbons (Fsp3) is 0.889. The van der Waals surface area contributed by atoms with Gasteiger partial charge < -0.3 is 10.1 Å². The number of hydrogen-bond donors (Lipinski definition) is 1. The smallest absolute Gasteiger partial charge is 0.407 e. The summed E-state index contributed by atoms with van der Waals surface area (Å²) in [6.07, 6.45) is -0.280. The maximum Gasteiger partial charge on any atom is 0.407 e. The van der Waals surface area contributed by atoms with Gasteiger partial charge in [0.15, 0.2) is 0 Å². The van der Waals surface area contributed by atoms with Crippen LogP contribution in [0.1, 0.15) is 27.7 Å². The van der Waals surface area contributed by atoms with Crippen molar-refractivity contribution >= 4 is 6.09 Å². The van der Waals surface area contributed by atoms with E-state index in [1.807, 2.05) is 0 Å². The van der Waals surface area contributed by atoms with Crippen molar-refractivity contribution in [3.8, 4) is 0 Å². The van der Waals surface area contributed by atoms with Gasteiger partial charge in [0.2, 0.25) is 0 Å². The highest BCUT2D eigenvalue weighted by Gasteiger charge is 2.45. The van der Waals surface area contributed by atoms with E-state index in [0.717, 1.165) is 0 Å². The van der Waals surface area contributed by atoms with Crippen LogP contribution in [0, 0.1) is 11.8 Å². The Kier molecular flexibility index (Phi) is 2.31. The van der Waals surface area contributed by atoms with Gasteiger partial charge in [-0.2, -0.15) is 0 Å². The van der Waals surface area contributed by atoms with Gasteiger partial charge in [-0.1, -0.05) is 27.7 Å². The lowest BCUT2D eigenvalue weighted by molar-refractivity contribution is -0.0196. The molecule has 3 nitrogen and oxygen atoms in total. The van der Waals surface area contributed by atoms with Crippen LogP contribution in [0.4, 0.5) is 4.79 Å². The van der Waals surface area contributed by atoms with Crippen molar-refractivity contribution in [1.29, 1.82) is 0 Å². The van der Waals surface area contributed by atoms with Crippen molar-refractivity contribution in [3.63, 3.8) is 0 Å². The van der Waals surface area contributed by atoms with Gasteiger partial charge in [0.25, 0.3) is 0 Å². The zero-order valence-corrected chi connectivity index (χ0v) is 8.18. The minimum Gasteiger partial charge on any atom is -0.441 e. The van der Waals surface area contributed by atoms with Crippen molar-refractivity contribution < 1.29 is 9.53 Å². The van der Waals surface area contributed by atoms with Gasteiger partial charge in [0.1, 0.15) is 5.60 Å². The van der Waals surface area contributed by atoms with E-state index < -0.39 is 0 Å². The Hall–Kier alpha value is -0.730. The zero-order valence-electron chi connectivity index (χ0n) is 8.18. The third kappa shape index (κ3) is 1.28. The standard InChI is InChI=1S/C9H17NO2/c1-6(2)9(7(3)4)5-10-8(11)12-9/h6-7H,5H2,1-4H3,(H,10,11). The lowest BCUT2D eigenvalue weighted by Crippen LogP contribution is -2.44. The minimum absolute atomic E-state index is 0.280. The third-order valence-electron chi connectivity index (χ3n) is 2.75. The SMILES string of the molecule is CC(C)C1(C(C)C)CNC(=O)O1. The third-order valence-corrected chi connectivity index (χ3v) is 2.75. The molecule has 1 aliphatic heterocycles. The average Bonchev–Trinajstić information content (AvgIpc) is 2.32. The largest absolute Gasteiger partial charge is 0.441 e. The van der Waals surface area contributed by atoms with E-state index in [0.29, 0.717) is 18.4 Å². The first kappa shape index (κ1) is 9.36. The minimum atomic E-state index is -0.295. The lowest BCUT2D eigenvalue weighted by atomic mass is 9.81. The molecule has 1 fully saturated rings. The maximum atomic E-state index is 10.9. The number of carbonyl (C=O) groups is 1. The Bertz CT molecular complexity index is 179. The van der Waals surface area contributed by atoms with Crippen LogP contribution in [0.2, 0.25) is 0 Å². The van der Waals surface area contributed by atoms with E-state index >= 15 is 0 Å². The highest BCUT2D eigenvalue weighted by atomic mass is 16.6. The molecule has 0 aromatic rings. The molecule has 0 spiro atoms. The van der Waals surface area contributed by atoms with Crippen molar-refractivity contribution in [3.05, 3.63) is 0 Å². The molecule has 3 heteroatoms. The number of amides is 1. The molecular weight excluding hydrogens is 154 g/mol. The van der Waals surface area contributed by atoms with Crippen molar-refractivity contribution in [1.82, 2.24) is 5.32 Å². The Morgan fingerprint density at radius 1 is 1.33 bits per heavy atom. The molecule has 0 aromatic heterocycles. The molecule has 1 amide bonds. The van der Waals surface area contributed by atoms with E-state index in [1.165, 1.54) is 0 Å². The molecule has 1 aliphatic rings. The topological polar surface area (TPSA) is 38.3 Å². The first-order chi connectivity index (χ1) is 5.49. The molecule has 70 valence electrons. The molecule has 1 rings (SSSR count). The summed E-state index contributed by atoms with van der Waals surface area (Å²) >= 11 is 0. The van der Waals surface area contributed by atoms with E-state index in [1.54, 1.807) is 0 Å². The molecule has 0 radical (unpaired) electrons. The molecular formula is C9H17NO2. The van der Waals surface area contributed by atoms with Crippen LogP contribution < -0.4 is 5.32 Å². The summed E-state index contributed by atoms with van der Waals surface area (Å²) in [5, 5.41) is 2.71. The molecule has 0 aromatic carbocycles. The van der Waals surface area contributed by atoms with Crippen LogP contribution in [0.3, 0.4) is 0 Å². The number of nitrogens with one attached hydrogen (secondary N) is 1. The number of cyclic esters (lactones) is 1. The van der Waals surface area contributed by atoms with E-state index in [9.17, 15) is 4.79 Å². The average molecular weight is 171 g/mol. The van der Waals surface area contributed by atoms with E-state index in [2.05, 4.69) is 33.0 Å². The van der Waals surface area contributed by atoms with Gasteiger partial charge >= 0.3 is 6.09 Å². The predicted octanol–water partition coefficient (Wildman–Crippen LogP) is 1.78. The first-order valence-electron chi connectivity index (χ1n) is 4.46. The van der Waals surface area contributed by atoms with Crippen LogP contribution in [0.25, 0.3) is 0 Å². The first-order valence-corrected chi connectivity index (χ1v) is 4.46. The van der Waals surface area contributed by atoms with Gasteiger partial charge in [0.05, 0.1) is 6.54 Å². The highest BCUT2D eigenvalue weighted by Crippen LogP contribution is 2.32. The van der Waals surface area contributed by atoms with Crippen LogP contribution in [0.15, 0.2) is 0 Å². The molecule has 1 N–H and O–H groups in total. The van der Waals surface area contributed by atoms with Crippen molar-refractivity contribution in [2.75, 3.05) is 6.54 Å². The number of hydrogen-bond acceptors (Lipinski definition) is 2. The summed E-state index contributed by atoms with van der Waals surface area (Å²) in [6, 6.07) is 0. The number of ether oxygens (including phenoxy) is 1. The Balaban J connectivity index is 2.81. The summed E-state index contributed by atoms with van der Waals surface area (Å²) in [5.74, 6) is 0.716. The van der Waals surface area contributed by atoms with E-state index in [4.69, 9.17) is 4.74 Å². The van der Waals surface area contributed by atoms with Crippen molar-refractivity contribution in [2.24, 2.45) is 11.8 Å². The quantitative estimate of drug-likeness (QED) is 0.687. The molecule has 0 bridgehead atoms. The molecule has 1 saturated heterocycles. The molecule has 12 heavy (non-hydrogen) atoms. The summed E-state index contributed by atoms with van der Waals surface area (Å²) < 4.78 is 5.32. The molecule has 0 aliphatic carbocycles. The second-order valence-electron chi connectivity index (χ2n) is 4.01. The Morgan fingerprint density at radius 3 is 2.00 bits per heavy atom. The normalized spacial score (nSPS) is 21.3. The predicted molar refractivity (Wildman–Crippen MR) is 46.9 cm³/mol. The number of rotatable bonds is 2. The van der Waals surface area contributed by atoms with Gasteiger partial charge in [0, 0.05) is 0 Å². The van der Waals surface area contributed by atoms with Crippen molar-refractivity contribution in [2.45, 2.75) is 33.3 Å². The van der Waals surface area contributed by atoms with Crippen LogP contribution in [-0.4, -0.2) is 18.2 Å². The fourth-order valence-electron chi connectivity index (χ4n) is 1.77. The van der Waals surface area contributed by atoms with Crippen LogP contribution >= 0.6 is 0 Å². The summed E-state index contributed by atoms with van der Waals surface area (Å²) in [4.78, 5) is 10.9. The molecule has 0 atom stereocenters. The van der Waals surface area contributed by atoms with Gasteiger partial charge in [-0.15, -0.1) is 0 Å². The Morgan fingerprint density at radius 2 is 1.83 bits per heavy atom. The molecule has 0 saturated carbocycles. The lowest BCUT2D eigenvalue weighted by Gasteiger charge is -2.34.